The number of hydrogen-bond donors (Lipinski definition) is 2. The van der Waals surface area contributed by atoms with Gasteiger partial charge in [-0.15, -0.1) is 11.3 Å². The quantitative estimate of drug-likeness (QED) is 0.820. The lowest BCUT2D eigenvalue weighted by molar-refractivity contribution is -0.123. The van der Waals surface area contributed by atoms with Crippen LogP contribution in [0.1, 0.15) is 23.0 Å². The Morgan fingerprint density at radius 3 is 2.62 bits per heavy atom. The zero-order valence-corrected chi connectivity index (χ0v) is 11.0. The van der Waals surface area contributed by atoms with Crippen molar-refractivity contribution >= 4 is 39.1 Å². The van der Waals surface area contributed by atoms with E-state index >= 15 is 0 Å². The summed E-state index contributed by atoms with van der Waals surface area (Å²) in [7, 11) is 0. The van der Waals surface area contributed by atoms with E-state index in [0.717, 1.165) is 10.2 Å². The highest BCUT2D eigenvalue weighted by Gasteiger charge is 2.39. The van der Waals surface area contributed by atoms with E-state index in [1.54, 1.807) is 12.1 Å². The van der Waals surface area contributed by atoms with Crippen LogP contribution >= 0.6 is 27.3 Å². The molecule has 1 aliphatic rings. The smallest absolute Gasteiger partial charge is 0.273 e. The van der Waals surface area contributed by atoms with E-state index in [4.69, 9.17) is 0 Å². The van der Waals surface area contributed by atoms with Crippen molar-refractivity contribution in [2.75, 3.05) is 0 Å². The van der Waals surface area contributed by atoms with Crippen LogP contribution in [0.4, 0.5) is 0 Å². The molecule has 2 N–H and O–H groups in total. The molecular weight excluding hydrogens is 292 g/mol. The number of hydrazine groups is 1. The second kappa shape index (κ2) is 4.55. The van der Waals surface area contributed by atoms with E-state index in [9.17, 15) is 9.59 Å². The van der Waals surface area contributed by atoms with Gasteiger partial charge in [-0.25, -0.2) is 0 Å². The molecule has 1 aromatic rings. The number of amides is 2. The summed E-state index contributed by atoms with van der Waals surface area (Å²) in [4.78, 5) is 23.5. The van der Waals surface area contributed by atoms with E-state index in [1.165, 1.54) is 11.3 Å². The highest BCUT2D eigenvalue weighted by Crippen LogP contribution is 2.37. The number of thiophene rings is 1. The van der Waals surface area contributed by atoms with Gasteiger partial charge in [0.25, 0.3) is 5.91 Å². The van der Waals surface area contributed by atoms with E-state index in [-0.39, 0.29) is 17.7 Å². The zero-order valence-electron chi connectivity index (χ0n) is 8.62. The molecule has 6 heteroatoms. The molecule has 0 unspecified atom stereocenters. The maximum absolute atomic E-state index is 11.6. The molecule has 86 valence electrons. The first-order valence-electron chi connectivity index (χ1n) is 4.93. The summed E-state index contributed by atoms with van der Waals surface area (Å²) in [5, 5.41) is 0. The van der Waals surface area contributed by atoms with Crippen molar-refractivity contribution in [3.05, 3.63) is 20.8 Å². The molecule has 1 saturated carbocycles. The predicted octanol–water partition coefficient (Wildman–Crippen LogP) is 1.93. The van der Waals surface area contributed by atoms with Gasteiger partial charge in [-0.3, -0.25) is 20.4 Å². The van der Waals surface area contributed by atoms with Crippen molar-refractivity contribution in [1.82, 2.24) is 10.9 Å². The van der Waals surface area contributed by atoms with Crippen LogP contribution in [0.25, 0.3) is 0 Å². The number of carbonyl (C=O) groups excluding carboxylic acids is 2. The fourth-order valence-electron chi connectivity index (χ4n) is 1.40. The van der Waals surface area contributed by atoms with Gasteiger partial charge >= 0.3 is 0 Å². The number of halogens is 1. The third-order valence-electron chi connectivity index (χ3n) is 2.54. The average molecular weight is 303 g/mol. The summed E-state index contributed by atoms with van der Waals surface area (Å²) in [6.45, 7) is 2.02. The summed E-state index contributed by atoms with van der Waals surface area (Å²) in [6.07, 6.45) is 0.909. The van der Waals surface area contributed by atoms with Gasteiger partial charge in [0.2, 0.25) is 5.91 Å². The molecule has 2 amide bonds. The second-order valence-corrected chi connectivity index (χ2v) is 6.33. The number of hydrogen-bond acceptors (Lipinski definition) is 3. The van der Waals surface area contributed by atoms with Crippen LogP contribution in [0.15, 0.2) is 15.9 Å². The summed E-state index contributed by atoms with van der Waals surface area (Å²) in [5.41, 5.74) is 4.84. The zero-order chi connectivity index (χ0) is 11.7. The molecule has 0 aliphatic heterocycles. The number of nitrogens with one attached hydrogen (secondary N) is 2. The molecule has 16 heavy (non-hydrogen) atoms. The Kier molecular flexibility index (Phi) is 3.30. The van der Waals surface area contributed by atoms with Crippen LogP contribution in [0.3, 0.4) is 0 Å². The van der Waals surface area contributed by atoms with Crippen molar-refractivity contribution in [2.24, 2.45) is 11.8 Å². The molecule has 2 rings (SSSR count). The molecule has 1 fully saturated rings. The molecule has 4 nitrogen and oxygen atoms in total. The van der Waals surface area contributed by atoms with Gasteiger partial charge in [-0.05, 0) is 40.4 Å². The molecule has 0 aromatic carbocycles. The van der Waals surface area contributed by atoms with Gasteiger partial charge in [0.05, 0.1) is 8.66 Å². The van der Waals surface area contributed by atoms with Gasteiger partial charge < -0.3 is 0 Å². The highest BCUT2D eigenvalue weighted by atomic mass is 79.9. The fraction of sp³-hybridized carbons (Fsp3) is 0.400. The van der Waals surface area contributed by atoms with E-state index in [0.29, 0.717) is 10.8 Å². The fourth-order valence-corrected chi connectivity index (χ4v) is 2.68. The van der Waals surface area contributed by atoms with Gasteiger partial charge in [0.1, 0.15) is 0 Å². The Morgan fingerprint density at radius 1 is 1.44 bits per heavy atom. The summed E-state index contributed by atoms with van der Waals surface area (Å²) >= 11 is 4.60. The van der Waals surface area contributed by atoms with Crippen LogP contribution in [0.2, 0.25) is 0 Å². The van der Waals surface area contributed by atoms with Gasteiger partial charge in [0, 0.05) is 5.92 Å². The maximum Gasteiger partial charge on any atom is 0.279 e. The Morgan fingerprint density at radius 2 is 2.12 bits per heavy atom. The van der Waals surface area contributed by atoms with Crippen molar-refractivity contribution in [2.45, 2.75) is 13.3 Å². The predicted molar refractivity (Wildman–Crippen MR) is 64.9 cm³/mol. The van der Waals surface area contributed by atoms with Crippen LogP contribution < -0.4 is 10.9 Å². The van der Waals surface area contributed by atoms with Crippen LogP contribution in [-0.2, 0) is 4.79 Å². The Balaban J connectivity index is 1.82. The van der Waals surface area contributed by atoms with Gasteiger partial charge in [-0.2, -0.15) is 0 Å². The van der Waals surface area contributed by atoms with E-state index in [2.05, 4.69) is 26.8 Å². The second-order valence-electron chi connectivity index (χ2n) is 3.87. The van der Waals surface area contributed by atoms with Crippen LogP contribution in [0.5, 0.6) is 0 Å². The summed E-state index contributed by atoms with van der Waals surface area (Å²) in [5.74, 6) is 0.122. The largest absolute Gasteiger partial charge is 0.279 e. The first kappa shape index (κ1) is 11.6. The SMILES string of the molecule is C[C@H]1C[C@H]1C(=O)NNC(=O)c1ccc(Br)s1. The number of rotatable bonds is 2. The Bertz CT molecular complexity index is 432. The van der Waals surface area contributed by atoms with Crippen molar-refractivity contribution < 1.29 is 9.59 Å². The molecule has 0 saturated heterocycles. The minimum Gasteiger partial charge on any atom is -0.273 e. The molecular formula is C10H11BrN2O2S. The normalized spacial score (nSPS) is 22.6. The minimum atomic E-state index is -0.280. The maximum atomic E-state index is 11.6. The Hall–Kier alpha value is -0.880. The van der Waals surface area contributed by atoms with Crippen molar-refractivity contribution in [3.8, 4) is 0 Å². The molecule has 0 radical (unpaired) electrons. The third-order valence-corrected chi connectivity index (χ3v) is 4.16. The van der Waals surface area contributed by atoms with Crippen LogP contribution in [-0.4, -0.2) is 11.8 Å². The van der Waals surface area contributed by atoms with Gasteiger partial charge in [-0.1, -0.05) is 6.92 Å². The first-order valence-corrected chi connectivity index (χ1v) is 6.54. The lowest BCUT2D eigenvalue weighted by Gasteiger charge is -2.04. The lowest BCUT2D eigenvalue weighted by atomic mass is 10.3. The molecule has 2 atom stereocenters. The average Bonchev–Trinajstić information content (AvgIpc) is 2.81. The standard InChI is InChI=1S/C10H11BrN2O2S/c1-5-4-6(5)9(14)12-13-10(15)7-2-3-8(11)16-7/h2-3,5-6H,4H2,1H3,(H,12,14)(H,13,15)/t5-,6+/m0/s1. The molecule has 0 spiro atoms. The topological polar surface area (TPSA) is 58.2 Å². The molecule has 1 heterocycles. The third kappa shape index (κ3) is 2.62. The monoisotopic (exact) mass is 302 g/mol. The molecule has 1 aromatic heterocycles. The van der Waals surface area contributed by atoms with Crippen LogP contribution in [0, 0.1) is 11.8 Å². The summed E-state index contributed by atoms with van der Waals surface area (Å²) in [6, 6.07) is 3.50. The first-order chi connectivity index (χ1) is 7.58. The number of carbonyl (C=O) groups is 2. The minimum absolute atomic E-state index is 0.0652. The van der Waals surface area contributed by atoms with Crippen molar-refractivity contribution in [3.63, 3.8) is 0 Å². The summed E-state index contributed by atoms with van der Waals surface area (Å²) < 4.78 is 0.889. The van der Waals surface area contributed by atoms with E-state index in [1.807, 2.05) is 6.92 Å². The molecule has 0 bridgehead atoms. The highest BCUT2D eigenvalue weighted by molar-refractivity contribution is 9.11. The van der Waals surface area contributed by atoms with E-state index < -0.39 is 0 Å². The van der Waals surface area contributed by atoms with Crippen molar-refractivity contribution in [1.29, 1.82) is 0 Å². The Labute approximate surface area is 106 Å². The van der Waals surface area contributed by atoms with Gasteiger partial charge in [0.15, 0.2) is 0 Å². The lowest BCUT2D eigenvalue weighted by Crippen LogP contribution is -2.42. The molecule has 1 aliphatic carbocycles.